The summed E-state index contributed by atoms with van der Waals surface area (Å²) in [4.78, 5) is 11.1. The summed E-state index contributed by atoms with van der Waals surface area (Å²) in [6.07, 6.45) is 3.75. The smallest absolute Gasteiger partial charge is 0.335 e. The van der Waals surface area contributed by atoms with E-state index in [0.29, 0.717) is 0 Å². The standard InChI is InChI=1S/C13H17NO4S/c1-9-11(13(15)16)7-4-8-12(9)19(17,18)14-10-5-2-3-6-10/h4,7-8,10,14H,2-3,5-6H2,1H3,(H,15,16). The number of carboxylic acid groups (broad SMARTS) is 1. The molecule has 1 saturated carbocycles. The molecule has 1 fully saturated rings. The molecule has 0 atom stereocenters. The minimum absolute atomic E-state index is 0.0225. The number of sulfonamides is 1. The summed E-state index contributed by atoms with van der Waals surface area (Å²) in [5, 5.41) is 9.02. The van der Waals surface area contributed by atoms with Crippen LogP contribution < -0.4 is 4.72 Å². The molecule has 0 heterocycles. The van der Waals surface area contributed by atoms with Crippen LogP contribution in [0.5, 0.6) is 0 Å². The maximum Gasteiger partial charge on any atom is 0.335 e. The highest BCUT2D eigenvalue weighted by molar-refractivity contribution is 7.89. The van der Waals surface area contributed by atoms with Crippen LogP contribution in [0, 0.1) is 6.92 Å². The van der Waals surface area contributed by atoms with E-state index in [9.17, 15) is 13.2 Å². The molecule has 2 rings (SSSR count). The number of hydrogen-bond donors (Lipinski definition) is 2. The van der Waals surface area contributed by atoms with Crippen molar-refractivity contribution in [2.75, 3.05) is 0 Å². The van der Waals surface area contributed by atoms with Gasteiger partial charge < -0.3 is 5.11 Å². The fraction of sp³-hybridized carbons (Fsp3) is 0.462. The van der Waals surface area contributed by atoms with Crippen LogP contribution in [-0.4, -0.2) is 25.5 Å². The Balaban J connectivity index is 2.34. The van der Waals surface area contributed by atoms with Crippen LogP contribution >= 0.6 is 0 Å². The first-order valence-corrected chi connectivity index (χ1v) is 7.75. The van der Waals surface area contributed by atoms with Crippen molar-refractivity contribution in [2.24, 2.45) is 0 Å². The molecule has 104 valence electrons. The first-order chi connectivity index (χ1) is 8.92. The van der Waals surface area contributed by atoms with E-state index in [0.717, 1.165) is 25.7 Å². The zero-order valence-corrected chi connectivity index (χ0v) is 11.5. The van der Waals surface area contributed by atoms with Crippen LogP contribution in [0.1, 0.15) is 41.6 Å². The van der Waals surface area contributed by atoms with Crippen molar-refractivity contribution in [2.45, 2.75) is 43.5 Å². The predicted octanol–water partition coefficient (Wildman–Crippen LogP) is 1.91. The van der Waals surface area contributed by atoms with E-state index < -0.39 is 16.0 Å². The fourth-order valence-corrected chi connectivity index (χ4v) is 4.04. The zero-order valence-electron chi connectivity index (χ0n) is 10.7. The van der Waals surface area contributed by atoms with Crippen molar-refractivity contribution in [1.29, 1.82) is 0 Å². The van der Waals surface area contributed by atoms with Gasteiger partial charge in [-0.05, 0) is 37.5 Å². The van der Waals surface area contributed by atoms with E-state index in [1.807, 2.05) is 0 Å². The quantitative estimate of drug-likeness (QED) is 0.884. The maximum atomic E-state index is 12.3. The second-order valence-corrected chi connectivity index (χ2v) is 6.52. The van der Waals surface area contributed by atoms with Gasteiger partial charge >= 0.3 is 5.97 Å². The molecule has 1 aromatic rings. The molecule has 0 bridgehead atoms. The van der Waals surface area contributed by atoms with E-state index in [1.54, 1.807) is 0 Å². The van der Waals surface area contributed by atoms with Crippen molar-refractivity contribution in [3.05, 3.63) is 29.3 Å². The zero-order chi connectivity index (χ0) is 14.0. The Hall–Kier alpha value is -1.40. The van der Waals surface area contributed by atoms with Crippen molar-refractivity contribution in [3.8, 4) is 0 Å². The molecule has 19 heavy (non-hydrogen) atoms. The Morgan fingerprint density at radius 1 is 1.32 bits per heavy atom. The molecule has 1 aromatic carbocycles. The van der Waals surface area contributed by atoms with E-state index in [-0.39, 0.29) is 22.1 Å². The average molecular weight is 283 g/mol. The highest BCUT2D eigenvalue weighted by Crippen LogP contribution is 2.23. The summed E-state index contributed by atoms with van der Waals surface area (Å²) in [6, 6.07) is 4.28. The minimum atomic E-state index is -3.64. The summed E-state index contributed by atoms with van der Waals surface area (Å²) in [5.41, 5.74) is 0.301. The van der Waals surface area contributed by atoms with Crippen LogP contribution in [0.2, 0.25) is 0 Å². The number of benzene rings is 1. The molecular weight excluding hydrogens is 266 g/mol. The lowest BCUT2D eigenvalue weighted by Gasteiger charge is -2.15. The summed E-state index contributed by atoms with van der Waals surface area (Å²) in [5.74, 6) is -1.12. The van der Waals surface area contributed by atoms with Crippen LogP contribution in [0.25, 0.3) is 0 Å². The van der Waals surface area contributed by atoms with Gasteiger partial charge in [0.2, 0.25) is 10.0 Å². The second-order valence-electron chi connectivity index (χ2n) is 4.84. The van der Waals surface area contributed by atoms with Crippen molar-refractivity contribution < 1.29 is 18.3 Å². The molecule has 0 aromatic heterocycles. The molecule has 0 unspecified atom stereocenters. The molecule has 0 amide bonds. The highest BCUT2D eigenvalue weighted by Gasteiger charge is 2.25. The highest BCUT2D eigenvalue weighted by atomic mass is 32.2. The SMILES string of the molecule is Cc1c(C(=O)O)cccc1S(=O)(=O)NC1CCCC1. The summed E-state index contributed by atoms with van der Waals surface area (Å²) in [6.45, 7) is 1.52. The van der Waals surface area contributed by atoms with Gasteiger partial charge in [-0.3, -0.25) is 0 Å². The van der Waals surface area contributed by atoms with E-state index in [4.69, 9.17) is 5.11 Å². The molecule has 0 spiro atoms. The molecule has 2 N–H and O–H groups in total. The topological polar surface area (TPSA) is 83.5 Å². The van der Waals surface area contributed by atoms with Gasteiger partial charge in [-0.25, -0.2) is 17.9 Å². The number of hydrogen-bond acceptors (Lipinski definition) is 3. The number of carbonyl (C=O) groups is 1. The lowest BCUT2D eigenvalue weighted by atomic mass is 10.1. The second kappa shape index (κ2) is 5.30. The Bertz CT molecular complexity index is 589. The third-order valence-electron chi connectivity index (χ3n) is 3.48. The first-order valence-electron chi connectivity index (χ1n) is 6.27. The van der Waals surface area contributed by atoms with Gasteiger partial charge in [0.05, 0.1) is 10.5 Å². The Morgan fingerprint density at radius 3 is 2.53 bits per heavy atom. The number of aromatic carboxylic acids is 1. The van der Waals surface area contributed by atoms with Crippen molar-refractivity contribution >= 4 is 16.0 Å². The predicted molar refractivity (Wildman–Crippen MR) is 70.7 cm³/mol. The molecule has 0 saturated heterocycles. The summed E-state index contributed by atoms with van der Waals surface area (Å²) in [7, 11) is -3.64. The molecule has 1 aliphatic carbocycles. The number of rotatable bonds is 4. The average Bonchev–Trinajstić information content (AvgIpc) is 2.80. The van der Waals surface area contributed by atoms with Crippen molar-refractivity contribution in [3.63, 3.8) is 0 Å². The number of nitrogens with one attached hydrogen (secondary N) is 1. The molecule has 0 radical (unpaired) electrons. The fourth-order valence-electron chi connectivity index (χ4n) is 2.46. The van der Waals surface area contributed by atoms with Gasteiger partial charge in [-0.15, -0.1) is 0 Å². The molecule has 1 aliphatic rings. The summed E-state index contributed by atoms with van der Waals surface area (Å²) >= 11 is 0. The van der Waals surface area contributed by atoms with E-state index in [1.165, 1.54) is 25.1 Å². The van der Waals surface area contributed by atoms with Gasteiger partial charge in [-0.1, -0.05) is 18.9 Å². The normalized spacial score (nSPS) is 16.7. The van der Waals surface area contributed by atoms with Gasteiger partial charge in [-0.2, -0.15) is 0 Å². The van der Waals surface area contributed by atoms with E-state index >= 15 is 0 Å². The van der Waals surface area contributed by atoms with Gasteiger partial charge in [0.1, 0.15) is 0 Å². The summed E-state index contributed by atoms with van der Waals surface area (Å²) < 4.78 is 27.2. The molecule has 6 heteroatoms. The van der Waals surface area contributed by atoms with Gasteiger partial charge in [0, 0.05) is 6.04 Å². The van der Waals surface area contributed by atoms with Gasteiger partial charge in [0.25, 0.3) is 0 Å². The third-order valence-corrected chi connectivity index (χ3v) is 5.15. The van der Waals surface area contributed by atoms with Gasteiger partial charge in [0.15, 0.2) is 0 Å². The van der Waals surface area contributed by atoms with Crippen LogP contribution in [-0.2, 0) is 10.0 Å². The van der Waals surface area contributed by atoms with Crippen LogP contribution in [0.3, 0.4) is 0 Å². The lowest BCUT2D eigenvalue weighted by Crippen LogP contribution is -2.33. The molecule has 5 nitrogen and oxygen atoms in total. The Labute approximate surface area is 112 Å². The Kier molecular flexibility index (Phi) is 3.91. The van der Waals surface area contributed by atoms with Crippen molar-refractivity contribution in [1.82, 2.24) is 4.72 Å². The monoisotopic (exact) mass is 283 g/mol. The minimum Gasteiger partial charge on any atom is -0.478 e. The van der Waals surface area contributed by atoms with Crippen LogP contribution in [0.4, 0.5) is 0 Å². The number of carboxylic acids is 1. The Morgan fingerprint density at radius 2 is 1.95 bits per heavy atom. The largest absolute Gasteiger partial charge is 0.478 e. The maximum absolute atomic E-state index is 12.3. The molecule has 0 aliphatic heterocycles. The van der Waals surface area contributed by atoms with Crippen LogP contribution in [0.15, 0.2) is 23.1 Å². The molecular formula is C13H17NO4S. The first kappa shape index (κ1) is 14.0. The lowest BCUT2D eigenvalue weighted by molar-refractivity contribution is 0.0696. The third kappa shape index (κ3) is 2.96. The van der Waals surface area contributed by atoms with E-state index in [2.05, 4.69) is 4.72 Å².